The van der Waals surface area contributed by atoms with Gasteiger partial charge in [0.25, 0.3) is 0 Å². The molecule has 1 aliphatic heterocycles. The van der Waals surface area contributed by atoms with Crippen LogP contribution in [0.5, 0.6) is 5.75 Å². The summed E-state index contributed by atoms with van der Waals surface area (Å²) >= 11 is 1.73. The lowest BCUT2D eigenvalue weighted by Crippen LogP contribution is -2.36. The van der Waals surface area contributed by atoms with Crippen LogP contribution in [0, 0.1) is 0 Å². The van der Waals surface area contributed by atoms with Crippen LogP contribution in [0.4, 0.5) is 4.39 Å². The molecule has 126 valence electrons. The third-order valence-electron chi connectivity index (χ3n) is 4.31. The van der Waals surface area contributed by atoms with Crippen LogP contribution in [0.1, 0.15) is 16.5 Å². The Labute approximate surface area is 151 Å². The molecule has 1 unspecified atom stereocenters. The fourth-order valence-corrected chi connectivity index (χ4v) is 4.15. The molecule has 0 spiro atoms. The molecule has 24 heavy (non-hydrogen) atoms. The molecule has 0 bridgehead atoms. The van der Waals surface area contributed by atoms with Crippen molar-refractivity contribution in [3.05, 3.63) is 64.4 Å². The number of thiophene rings is 1. The van der Waals surface area contributed by atoms with Gasteiger partial charge in [-0.1, -0.05) is 36.4 Å². The predicted octanol–water partition coefficient (Wildman–Crippen LogP) is 5.23. The predicted molar refractivity (Wildman–Crippen MR) is 100 cm³/mol. The molecule has 0 N–H and O–H groups in total. The average molecular weight is 364 g/mol. The van der Waals surface area contributed by atoms with Gasteiger partial charge >= 0.3 is 0 Å². The number of hydrogen-bond donors (Lipinski definition) is 0. The third kappa shape index (κ3) is 3.27. The van der Waals surface area contributed by atoms with Crippen molar-refractivity contribution in [1.29, 1.82) is 0 Å². The molecule has 0 fully saturated rings. The number of alkyl halides is 1. The van der Waals surface area contributed by atoms with Crippen molar-refractivity contribution in [1.82, 2.24) is 4.90 Å². The molecular formula is C19H19ClFNOS. The van der Waals surface area contributed by atoms with E-state index in [2.05, 4.69) is 34.5 Å². The molecule has 0 saturated carbocycles. The Morgan fingerprint density at radius 1 is 1.12 bits per heavy atom. The van der Waals surface area contributed by atoms with E-state index in [9.17, 15) is 4.39 Å². The van der Waals surface area contributed by atoms with E-state index in [1.807, 2.05) is 24.3 Å². The standard InChI is InChI=1S/C19H18FNOS.ClH/c20-9-10-21-12-15-8-11-23-19(15)18(13-21)22-17-7-3-5-14-4-1-2-6-16(14)17;/h1-8,11,18H,9-10,12-13H2;1H. The van der Waals surface area contributed by atoms with Crippen molar-refractivity contribution in [2.24, 2.45) is 0 Å². The van der Waals surface area contributed by atoms with Crippen LogP contribution in [0.3, 0.4) is 0 Å². The van der Waals surface area contributed by atoms with E-state index in [0.29, 0.717) is 6.54 Å². The lowest BCUT2D eigenvalue weighted by atomic mass is 10.1. The van der Waals surface area contributed by atoms with E-state index in [1.54, 1.807) is 11.3 Å². The van der Waals surface area contributed by atoms with E-state index < -0.39 is 0 Å². The van der Waals surface area contributed by atoms with Crippen molar-refractivity contribution < 1.29 is 9.13 Å². The van der Waals surface area contributed by atoms with Gasteiger partial charge in [0.2, 0.25) is 0 Å². The van der Waals surface area contributed by atoms with E-state index in [0.717, 1.165) is 24.2 Å². The fourth-order valence-electron chi connectivity index (χ4n) is 3.22. The van der Waals surface area contributed by atoms with Crippen molar-refractivity contribution in [2.45, 2.75) is 12.6 Å². The fraction of sp³-hybridized carbons (Fsp3) is 0.263. The van der Waals surface area contributed by atoms with Gasteiger partial charge in [0.1, 0.15) is 18.5 Å². The summed E-state index contributed by atoms with van der Waals surface area (Å²) in [7, 11) is 0. The SMILES string of the molecule is Cl.FCCN1Cc2ccsc2C(Oc2cccc3ccccc23)C1. The molecule has 1 atom stereocenters. The van der Waals surface area contributed by atoms with Crippen LogP contribution in [-0.4, -0.2) is 24.7 Å². The first-order valence-electron chi connectivity index (χ1n) is 7.84. The molecule has 1 aromatic heterocycles. The van der Waals surface area contributed by atoms with Crippen molar-refractivity contribution in [3.63, 3.8) is 0 Å². The normalized spacial score (nSPS) is 17.3. The zero-order valence-electron chi connectivity index (χ0n) is 13.2. The summed E-state index contributed by atoms with van der Waals surface area (Å²) in [5, 5.41) is 4.40. The average Bonchev–Trinajstić information content (AvgIpc) is 3.04. The van der Waals surface area contributed by atoms with Crippen molar-refractivity contribution in [2.75, 3.05) is 19.8 Å². The summed E-state index contributed by atoms with van der Waals surface area (Å²) in [6.45, 7) is 1.70. The number of halogens is 2. The molecule has 0 radical (unpaired) electrons. The first-order chi connectivity index (χ1) is 11.3. The van der Waals surface area contributed by atoms with Gasteiger partial charge < -0.3 is 4.74 Å². The number of benzene rings is 2. The van der Waals surface area contributed by atoms with Crippen LogP contribution in [0.25, 0.3) is 10.8 Å². The Balaban J connectivity index is 0.00000169. The maximum absolute atomic E-state index is 12.8. The molecule has 0 aliphatic carbocycles. The molecule has 3 aromatic rings. The van der Waals surface area contributed by atoms with E-state index in [4.69, 9.17) is 4.74 Å². The van der Waals surface area contributed by atoms with Crippen molar-refractivity contribution >= 4 is 34.5 Å². The summed E-state index contributed by atoms with van der Waals surface area (Å²) in [6, 6.07) is 16.5. The van der Waals surface area contributed by atoms with Gasteiger partial charge in [-0.25, -0.2) is 4.39 Å². The lowest BCUT2D eigenvalue weighted by Gasteiger charge is -2.32. The van der Waals surface area contributed by atoms with E-state index in [1.165, 1.54) is 15.8 Å². The van der Waals surface area contributed by atoms with Gasteiger partial charge in [0, 0.05) is 25.0 Å². The Kier molecular flexibility index (Phi) is 5.39. The second-order valence-electron chi connectivity index (χ2n) is 5.82. The maximum Gasteiger partial charge on any atom is 0.146 e. The van der Waals surface area contributed by atoms with E-state index in [-0.39, 0.29) is 25.2 Å². The Hall–Kier alpha value is -1.62. The molecule has 0 amide bonds. The number of nitrogens with zero attached hydrogens (tertiary/aromatic N) is 1. The summed E-state index contributed by atoms with van der Waals surface area (Å²) in [5.74, 6) is 0.898. The maximum atomic E-state index is 12.8. The third-order valence-corrected chi connectivity index (χ3v) is 5.36. The van der Waals surface area contributed by atoms with Crippen LogP contribution < -0.4 is 4.74 Å². The summed E-state index contributed by atoms with van der Waals surface area (Å²) in [5.41, 5.74) is 1.26. The second kappa shape index (κ2) is 7.51. The summed E-state index contributed by atoms with van der Waals surface area (Å²) in [6.07, 6.45) is -0.0314. The Morgan fingerprint density at radius 3 is 2.83 bits per heavy atom. The zero-order chi connectivity index (χ0) is 15.6. The van der Waals surface area contributed by atoms with Gasteiger partial charge in [-0.15, -0.1) is 23.7 Å². The highest BCUT2D eigenvalue weighted by molar-refractivity contribution is 7.10. The van der Waals surface area contributed by atoms with Crippen LogP contribution in [0.2, 0.25) is 0 Å². The van der Waals surface area contributed by atoms with Gasteiger partial charge in [0.05, 0.1) is 4.88 Å². The highest BCUT2D eigenvalue weighted by atomic mass is 35.5. The first-order valence-corrected chi connectivity index (χ1v) is 8.72. The number of hydrogen-bond acceptors (Lipinski definition) is 3. The number of rotatable bonds is 4. The summed E-state index contributed by atoms with van der Waals surface area (Å²) < 4.78 is 19.1. The first kappa shape index (κ1) is 17.2. The number of ether oxygens (including phenoxy) is 1. The molecule has 2 aromatic carbocycles. The largest absolute Gasteiger partial charge is 0.483 e. The monoisotopic (exact) mass is 363 g/mol. The lowest BCUT2D eigenvalue weighted by molar-refractivity contribution is 0.111. The van der Waals surface area contributed by atoms with Gasteiger partial charge in [-0.3, -0.25) is 4.90 Å². The van der Waals surface area contributed by atoms with Crippen molar-refractivity contribution in [3.8, 4) is 5.75 Å². The van der Waals surface area contributed by atoms with Crippen LogP contribution in [-0.2, 0) is 6.54 Å². The second-order valence-corrected chi connectivity index (χ2v) is 6.77. The zero-order valence-corrected chi connectivity index (χ0v) is 14.8. The highest BCUT2D eigenvalue weighted by Gasteiger charge is 2.28. The van der Waals surface area contributed by atoms with Gasteiger partial charge in [-0.2, -0.15) is 0 Å². The molecule has 0 saturated heterocycles. The smallest absolute Gasteiger partial charge is 0.146 e. The molecular weight excluding hydrogens is 345 g/mol. The minimum Gasteiger partial charge on any atom is -0.483 e. The Morgan fingerprint density at radius 2 is 1.96 bits per heavy atom. The molecule has 4 rings (SSSR count). The molecule has 5 heteroatoms. The van der Waals surface area contributed by atoms with Gasteiger partial charge in [-0.05, 0) is 28.5 Å². The van der Waals surface area contributed by atoms with Gasteiger partial charge in [0.15, 0.2) is 0 Å². The molecule has 2 nitrogen and oxygen atoms in total. The Bertz CT molecular complexity index is 816. The van der Waals surface area contributed by atoms with Crippen LogP contribution in [0.15, 0.2) is 53.9 Å². The quantitative estimate of drug-likeness (QED) is 0.629. The minimum atomic E-state index is -0.319. The molecule has 2 heterocycles. The van der Waals surface area contributed by atoms with Crippen LogP contribution >= 0.6 is 23.7 Å². The highest BCUT2D eigenvalue weighted by Crippen LogP contribution is 2.36. The topological polar surface area (TPSA) is 12.5 Å². The summed E-state index contributed by atoms with van der Waals surface area (Å²) in [4.78, 5) is 3.40. The molecule has 1 aliphatic rings. The minimum absolute atomic E-state index is 0. The number of fused-ring (bicyclic) bond motifs is 2. The van der Waals surface area contributed by atoms with E-state index >= 15 is 0 Å².